The quantitative estimate of drug-likeness (QED) is 0.595. The molecular weight excluding hydrogens is 391 g/mol. The molecule has 7 nitrogen and oxygen atoms in total. The highest BCUT2D eigenvalue weighted by molar-refractivity contribution is 6.32. The number of halogens is 2. The summed E-state index contributed by atoms with van der Waals surface area (Å²) in [4.78, 5) is 16.3. The van der Waals surface area contributed by atoms with E-state index in [4.69, 9.17) is 21.1 Å². The van der Waals surface area contributed by atoms with Crippen LogP contribution in [0.4, 0.5) is 0 Å². The standard InChI is InChI=1S/C18H19ClN4O3.ClH/c1-3-25-18(24)17-13(8-21-22-17)15-9-20-11-23(15)10-12(2)26-16-7-5-4-6-14(16)19;/h4-9,11-12H,3,10H2,1-2H3,(H,21,22);1H. The summed E-state index contributed by atoms with van der Waals surface area (Å²) in [7, 11) is 0. The Balaban J connectivity index is 0.00000261. The van der Waals surface area contributed by atoms with E-state index in [0.717, 1.165) is 5.69 Å². The van der Waals surface area contributed by atoms with Crippen LogP contribution in [-0.2, 0) is 11.3 Å². The number of carbonyl (C=O) groups is 1. The van der Waals surface area contributed by atoms with Gasteiger partial charge in [-0.15, -0.1) is 12.4 Å². The van der Waals surface area contributed by atoms with Gasteiger partial charge in [-0.2, -0.15) is 5.10 Å². The zero-order valence-electron chi connectivity index (χ0n) is 14.9. The van der Waals surface area contributed by atoms with Crippen LogP contribution in [0.5, 0.6) is 5.75 Å². The molecule has 0 aliphatic heterocycles. The van der Waals surface area contributed by atoms with E-state index in [1.54, 1.807) is 31.7 Å². The second-order valence-electron chi connectivity index (χ2n) is 5.67. The van der Waals surface area contributed by atoms with Crippen molar-refractivity contribution in [2.75, 3.05) is 6.61 Å². The van der Waals surface area contributed by atoms with Crippen LogP contribution >= 0.6 is 24.0 Å². The third-order valence-corrected chi connectivity index (χ3v) is 4.04. The minimum atomic E-state index is -0.451. The normalized spacial score (nSPS) is 11.5. The molecular formula is C18H20Cl2N4O3. The molecule has 27 heavy (non-hydrogen) atoms. The number of H-pyrrole nitrogens is 1. The van der Waals surface area contributed by atoms with E-state index in [1.165, 1.54) is 0 Å². The first-order chi connectivity index (χ1) is 12.6. The number of para-hydroxylation sites is 1. The molecule has 0 saturated heterocycles. The lowest BCUT2D eigenvalue weighted by Crippen LogP contribution is -2.20. The molecule has 0 aliphatic rings. The van der Waals surface area contributed by atoms with Crippen molar-refractivity contribution in [2.45, 2.75) is 26.5 Å². The highest BCUT2D eigenvalue weighted by atomic mass is 35.5. The first kappa shape index (κ1) is 20.8. The molecule has 2 aromatic heterocycles. The molecule has 9 heteroatoms. The first-order valence-electron chi connectivity index (χ1n) is 8.22. The minimum Gasteiger partial charge on any atom is -0.487 e. The van der Waals surface area contributed by atoms with Crippen LogP contribution in [0, 0.1) is 0 Å². The van der Waals surface area contributed by atoms with Gasteiger partial charge in [-0.25, -0.2) is 9.78 Å². The molecule has 2 heterocycles. The van der Waals surface area contributed by atoms with E-state index >= 15 is 0 Å². The van der Waals surface area contributed by atoms with Gasteiger partial charge in [0.15, 0.2) is 5.69 Å². The zero-order valence-corrected chi connectivity index (χ0v) is 16.5. The van der Waals surface area contributed by atoms with Crippen LogP contribution in [0.1, 0.15) is 24.3 Å². The summed E-state index contributed by atoms with van der Waals surface area (Å²) in [6.45, 7) is 4.51. The fraction of sp³-hybridized carbons (Fsp3) is 0.278. The molecule has 3 rings (SSSR count). The van der Waals surface area contributed by atoms with Crippen LogP contribution < -0.4 is 4.74 Å². The molecule has 0 saturated carbocycles. The topological polar surface area (TPSA) is 82.0 Å². The van der Waals surface area contributed by atoms with Crippen LogP contribution in [0.15, 0.2) is 43.0 Å². The number of imidazole rings is 1. The lowest BCUT2D eigenvalue weighted by atomic mass is 10.2. The number of rotatable bonds is 7. The Bertz CT molecular complexity index is 894. The molecule has 3 aromatic rings. The number of hydrogen-bond donors (Lipinski definition) is 1. The summed E-state index contributed by atoms with van der Waals surface area (Å²) in [6.07, 6.45) is 4.78. The lowest BCUT2D eigenvalue weighted by molar-refractivity contribution is 0.0520. The van der Waals surface area contributed by atoms with Gasteiger partial charge in [0.25, 0.3) is 0 Å². The highest BCUT2D eigenvalue weighted by Crippen LogP contribution is 2.26. The summed E-state index contributed by atoms with van der Waals surface area (Å²) in [5, 5.41) is 7.22. The zero-order chi connectivity index (χ0) is 18.5. The van der Waals surface area contributed by atoms with Crippen molar-refractivity contribution in [1.29, 1.82) is 0 Å². The van der Waals surface area contributed by atoms with Crippen LogP contribution in [0.25, 0.3) is 11.3 Å². The van der Waals surface area contributed by atoms with E-state index in [1.807, 2.05) is 29.7 Å². The maximum absolute atomic E-state index is 12.1. The second-order valence-corrected chi connectivity index (χ2v) is 6.08. The fourth-order valence-electron chi connectivity index (χ4n) is 2.60. The minimum absolute atomic E-state index is 0. The van der Waals surface area contributed by atoms with E-state index in [-0.39, 0.29) is 18.5 Å². The molecule has 0 fully saturated rings. The summed E-state index contributed by atoms with van der Waals surface area (Å²) >= 11 is 6.14. The molecule has 0 bridgehead atoms. The average Bonchev–Trinajstić information content (AvgIpc) is 3.25. The SMILES string of the molecule is CCOC(=O)c1[nH]ncc1-c1cncn1CC(C)Oc1ccccc1Cl.Cl. The highest BCUT2D eigenvalue weighted by Gasteiger charge is 2.20. The monoisotopic (exact) mass is 410 g/mol. The maximum Gasteiger partial charge on any atom is 0.357 e. The molecule has 1 atom stereocenters. The van der Waals surface area contributed by atoms with Gasteiger partial charge in [0.2, 0.25) is 0 Å². The Labute approximate surface area is 168 Å². The lowest BCUT2D eigenvalue weighted by Gasteiger charge is -2.17. The molecule has 1 N–H and O–H groups in total. The maximum atomic E-state index is 12.1. The Morgan fingerprint density at radius 1 is 1.33 bits per heavy atom. The number of nitrogens with one attached hydrogen (secondary N) is 1. The molecule has 0 amide bonds. The van der Waals surface area contributed by atoms with E-state index < -0.39 is 5.97 Å². The van der Waals surface area contributed by atoms with Gasteiger partial charge in [-0.05, 0) is 26.0 Å². The van der Waals surface area contributed by atoms with Crippen LogP contribution in [0.2, 0.25) is 5.02 Å². The van der Waals surface area contributed by atoms with Crippen molar-refractivity contribution in [1.82, 2.24) is 19.7 Å². The molecule has 144 valence electrons. The van der Waals surface area contributed by atoms with Crippen molar-refractivity contribution >= 4 is 30.0 Å². The van der Waals surface area contributed by atoms with Crippen molar-refractivity contribution in [3.8, 4) is 17.0 Å². The number of aromatic nitrogens is 4. The van der Waals surface area contributed by atoms with Crippen molar-refractivity contribution < 1.29 is 14.3 Å². The smallest absolute Gasteiger partial charge is 0.357 e. The first-order valence-corrected chi connectivity index (χ1v) is 8.60. The Morgan fingerprint density at radius 3 is 2.85 bits per heavy atom. The number of esters is 1. The third-order valence-electron chi connectivity index (χ3n) is 3.73. The summed E-state index contributed by atoms with van der Waals surface area (Å²) in [6, 6.07) is 7.32. The number of ether oxygens (including phenoxy) is 2. The number of carbonyl (C=O) groups excluding carboxylic acids is 1. The van der Waals surface area contributed by atoms with Crippen LogP contribution in [0.3, 0.4) is 0 Å². The molecule has 0 spiro atoms. The van der Waals surface area contributed by atoms with E-state index in [2.05, 4.69) is 15.2 Å². The Morgan fingerprint density at radius 2 is 2.11 bits per heavy atom. The predicted octanol–water partition coefficient (Wildman–Crippen LogP) is 3.99. The van der Waals surface area contributed by atoms with Gasteiger partial charge in [-0.1, -0.05) is 23.7 Å². The summed E-state index contributed by atoms with van der Waals surface area (Å²) in [5.74, 6) is 0.173. The van der Waals surface area contributed by atoms with Gasteiger partial charge in [-0.3, -0.25) is 5.10 Å². The number of nitrogens with zero attached hydrogens (tertiary/aromatic N) is 3. The Kier molecular flexibility index (Phi) is 7.27. The van der Waals surface area contributed by atoms with Crippen molar-refractivity contribution in [3.63, 3.8) is 0 Å². The largest absolute Gasteiger partial charge is 0.487 e. The molecule has 1 aromatic carbocycles. The van der Waals surface area contributed by atoms with Gasteiger partial charge in [0.1, 0.15) is 11.9 Å². The fourth-order valence-corrected chi connectivity index (χ4v) is 2.78. The van der Waals surface area contributed by atoms with Gasteiger partial charge < -0.3 is 14.0 Å². The molecule has 0 aliphatic carbocycles. The summed E-state index contributed by atoms with van der Waals surface area (Å²) < 4.78 is 12.9. The third kappa shape index (κ3) is 4.81. The number of hydrogen-bond acceptors (Lipinski definition) is 5. The second kappa shape index (κ2) is 9.43. The van der Waals surface area contributed by atoms with Crippen LogP contribution in [-0.4, -0.2) is 38.4 Å². The van der Waals surface area contributed by atoms with Crippen molar-refractivity contribution in [2.24, 2.45) is 0 Å². The Hall–Kier alpha value is -2.51. The number of benzene rings is 1. The van der Waals surface area contributed by atoms with E-state index in [9.17, 15) is 4.79 Å². The molecule has 0 radical (unpaired) electrons. The van der Waals surface area contributed by atoms with Gasteiger partial charge in [0.05, 0.1) is 48.2 Å². The van der Waals surface area contributed by atoms with E-state index in [0.29, 0.717) is 35.2 Å². The summed E-state index contributed by atoms with van der Waals surface area (Å²) in [5.41, 5.74) is 1.68. The predicted molar refractivity (Wildman–Crippen MR) is 105 cm³/mol. The molecule has 1 unspecified atom stereocenters. The van der Waals surface area contributed by atoms with Gasteiger partial charge >= 0.3 is 5.97 Å². The van der Waals surface area contributed by atoms with Gasteiger partial charge in [0, 0.05) is 0 Å². The number of aromatic amines is 1. The van der Waals surface area contributed by atoms with Crippen molar-refractivity contribution in [3.05, 3.63) is 53.7 Å². The average molecular weight is 411 g/mol.